The summed E-state index contributed by atoms with van der Waals surface area (Å²) < 4.78 is 0. The molecule has 3 heteroatoms. The average Bonchev–Trinajstić information content (AvgIpc) is 2.88. The Labute approximate surface area is 73.6 Å². The summed E-state index contributed by atoms with van der Waals surface area (Å²) in [6.45, 7) is 2.08. The maximum Gasteiger partial charge on any atom is 0.0635 e. The molecule has 68 valence electrons. The van der Waals surface area contributed by atoms with Crippen LogP contribution in [0.2, 0.25) is 0 Å². The fourth-order valence-corrected chi connectivity index (χ4v) is 1.38. The molecular formula is C9H16N2O. The van der Waals surface area contributed by atoms with Crippen molar-refractivity contribution < 1.29 is 5.11 Å². The van der Waals surface area contributed by atoms with E-state index in [9.17, 15) is 0 Å². The van der Waals surface area contributed by atoms with Gasteiger partial charge in [0.15, 0.2) is 0 Å². The molecule has 0 spiro atoms. The van der Waals surface area contributed by atoms with Crippen LogP contribution in [-0.4, -0.2) is 35.7 Å². The van der Waals surface area contributed by atoms with E-state index in [1.54, 1.807) is 0 Å². The summed E-state index contributed by atoms with van der Waals surface area (Å²) >= 11 is 0. The predicted octanol–water partition coefficient (Wildman–Crippen LogP) is 0.747. The molecule has 0 amide bonds. The minimum atomic E-state index is 0.260. The molecule has 0 heterocycles. The molecule has 1 N–H and O–H groups in total. The van der Waals surface area contributed by atoms with Crippen molar-refractivity contribution in [3.05, 3.63) is 0 Å². The lowest BCUT2D eigenvalue weighted by atomic mass is 10.3. The van der Waals surface area contributed by atoms with Gasteiger partial charge in [0.05, 0.1) is 6.07 Å². The first-order chi connectivity index (χ1) is 5.88. The summed E-state index contributed by atoms with van der Waals surface area (Å²) in [4.78, 5) is 2.32. The molecule has 0 aromatic carbocycles. The lowest BCUT2D eigenvalue weighted by Crippen LogP contribution is -2.28. The summed E-state index contributed by atoms with van der Waals surface area (Å²) in [5.41, 5.74) is 0. The number of rotatable bonds is 6. The molecule has 0 radical (unpaired) electrons. The van der Waals surface area contributed by atoms with E-state index in [0.29, 0.717) is 12.5 Å². The topological polar surface area (TPSA) is 47.3 Å². The van der Waals surface area contributed by atoms with Crippen molar-refractivity contribution >= 4 is 0 Å². The van der Waals surface area contributed by atoms with Gasteiger partial charge in [0.25, 0.3) is 0 Å². The second-order valence-electron chi connectivity index (χ2n) is 3.25. The molecule has 1 aliphatic rings. The van der Waals surface area contributed by atoms with Crippen molar-refractivity contribution in [1.29, 1.82) is 5.26 Å². The van der Waals surface area contributed by atoms with Crippen LogP contribution in [0.25, 0.3) is 0 Å². The summed E-state index contributed by atoms with van der Waals surface area (Å²) in [7, 11) is 0. The highest BCUT2D eigenvalue weighted by atomic mass is 16.3. The highest BCUT2D eigenvalue weighted by Crippen LogP contribution is 2.26. The second-order valence-corrected chi connectivity index (χ2v) is 3.25. The number of aliphatic hydroxyl groups is 1. The molecule has 1 fully saturated rings. The number of nitriles is 1. The van der Waals surface area contributed by atoms with Crippen LogP contribution >= 0.6 is 0 Å². The fourth-order valence-electron chi connectivity index (χ4n) is 1.38. The van der Waals surface area contributed by atoms with Crippen LogP contribution in [0.3, 0.4) is 0 Å². The third-order valence-corrected chi connectivity index (χ3v) is 2.18. The van der Waals surface area contributed by atoms with Gasteiger partial charge in [-0.25, -0.2) is 0 Å². The molecule has 1 saturated carbocycles. The number of hydrogen-bond acceptors (Lipinski definition) is 3. The molecule has 1 rings (SSSR count). The van der Waals surface area contributed by atoms with Gasteiger partial charge in [0.2, 0.25) is 0 Å². The van der Waals surface area contributed by atoms with Gasteiger partial charge in [-0.15, -0.1) is 0 Å². The molecule has 0 saturated heterocycles. The second kappa shape index (κ2) is 5.13. The first-order valence-corrected chi connectivity index (χ1v) is 4.60. The Morgan fingerprint density at radius 2 is 2.17 bits per heavy atom. The van der Waals surface area contributed by atoms with Gasteiger partial charge >= 0.3 is 0 Å². The van der Waals surface area contributed by atoms with E-state index in [1.165, 1.54) is 12.8 Å². The minimum Gasteiger partial charge on any atom is -0.396 e. The quantitative estimate of drug-likeness (QED) is 0.636. The summed E-state index contributed by atoms with van der Waals surface area (Å²) in [5, 5.41) is 17.1. The standard InChI is InChI=1S/C9H16N2O/c10-5-1-6-11(7-2-8-12)9-3-4-9/h9,12H,1-4,6-8H2. The zero-order valence-corrected chi connectivity index (χ0v) is 7.37. The number of hydrogen-bond donors (Lipinski definition) is 1. The van der Waals surface area contributed by atoms with E-state index in [2.05, 4.69) is 11.0 Å². The van der Waals surface area contributed by atoms with Crippen LogP contribution < -0.4 is 0 Å². The fraction of sp³-hybridized carbons (Fsp3) is 0.889. The van der Waals surface area contributed by atoms with Crippen molar-refractivity contribution in [3.63, 3.8) is 0 Å². The maximum atomic E-state index is 8.65. The molecule has 12 heavy (non-hydrogen) atoms. The Morgan fingerprint density at radius 1 is 1.42 bits per heavy atom. The zero-order chi connectivity index (χ0) is 8.81. The monoisotopic (exact) mass is 168 g/mol. The van der Waals surface area contributed by atoms with Crippen molar-refractivity contribution in [3.8, 4) is 6.07 Å². The molecule has 1 aliphatic carbocycles. The number of aliphatic hydroxyl groups excluding tert-OH is 1. The molecular weight excluding hydrogens is 152 g/mol. The van der Waals surface area contributed by atoms with Crippen molar-refractivity contribution in [2.24, 2.45) is 0 Å². The van der Waals surface area contributed by atoms with E-state index in [-0.39, 0.29) is 6.61 Å². The van der Waals surface area contributed by atoms with Gasteiger partial charge in [-0.05, 0) is 19.3 Å². The Balaban J connectivity index is 2.14. The van der Waals surface area contributed by atoms with Crippen LogP contribution in [-0.2, 0) is 0 Å². The smallest absolute Gasteiger partial charge is 0.0635 e. The zero-order valence-electron chi connectivity index (χ0n) is 7.37. The summed E-state index contributed by atoms with van der Waals surface area (Å²) in [6.07, 6.45) is 4.00. The van der Waals surface area contributed by atoms with Gasteiger partial charge in [0, 0.05) is 32.2 Å². The van der Waals surface area contributed by atoms with E-state index < -0.39 is 0 Å². The lowest BCUT2D eigenvalue weighted by Gasteiger charge is -2.19. The van der Waals surface area contributed by atoms with Gasteiger partial charge in [-0.3, -0.25) is 4.90 Å². The Bertz CT molecular complexity index is 160. The number of nitrogens with zero attached hydrogens (tertiary/aromatic N) is 2. The van der Waals surface area contributed by atoms with Crippen LogP contribution in [0.4, 0.5) is 0 Å². The summed E-state index contributed by atoms with van der Waals surface area (Å²) in [6, 6.07) is 2.87. The van der Waals surface area contributed by atoms with Crippen LogP contribution in [0.5, 0.6) is 0 Å². The first kappa shape index (κ1) is 9.50. The largest absolute Gasteiger partial charge is 0.396 e. The molecule has 0 aliphatic heterocycles. The lowest BCUT2D eigenvalue weighted by molar-refractivity contribution is 0.220. The van der Waals surface area contributed by atoms with Gasteiger partial charge in [-0.1, -0.05) is 0 Å². The van der Waals surface area contributed by atoms with E-state index in [1.807, 2.05) is 0 Å². The predicted molar refractivity (Wildman–Crippen MR) is 46.5 cm³/mol. The Hall–Kier alpha value is -0.590. The van der Waals surface area contributed by atoms with Crippen LogP contribution in [0.15, 0.2) is 0 Å². The highest BCUT2D eigenvalue weighted by molar-refractivity contribution is 4.86. The van der Waals surface area contributed by atoms with Crippen molar-refractivity contribution in [2.75, 3.05) is 19.7 Å². The van der Waals surface area contributed by atoms with Gasteiger partial charge < -0.3 is 5.11 Å². The van der Waals surface area contributed by atoms with Crippen molar-refractivity contribution in [2.45, 2.75) is 31.7 Å². The van der Waals surface area contributed by atoms with Gasteiger partial charge in [0.1, 0.15) is 0 Å². The van der Waals surface area contributed by atoms with E-state index in [4.69, 9.17) is 10.4 Å². The molecule has 0 aromatic heterocycles. The maximum absolute atomic E-state index is 8.65. The Morgan fingerprint density at radius 3 is 2.67 bits per heavy atom. The van der Waals surface area contributed by atoms with E-state index in [0.717, 1.165) is 19.5 Å². The van der Waals surface area contributed by atoms with Crippen LogP contribution in [0.1, 0.15) is 25.7 Å². The first-order valence-electron chi connectivity index (χ1n) is 4.60. The van der Waals surface area contributed by atoms with Crippen LogP contribution in [0, 0.1) is 11.3 Å². The van der Waals surface area contributed by atoms with E-state index >= 15 is 0 Å². The molecule has 0 atom stereocenters. The normalized spacial score (nSPS) is 16.4. The molecule has 0 unspecified atom stereocenters. The highest BCUT2D eigenvalue weighted by Gasteiger charge is 2.27. The molecule has 0 bridgehead atoms. The third-order valence-electron chi connectivity index (χ3n) is 2.18. The molecule has 3 nitrogen and oxygen atoms in total. The third kappa shape index (κ3) is 3.21. The minimum absolute atomic E-state index is 0.260. The van der Waals surface area contributed by atoms with Crippen molar-refractivity contribution in [1.82, 2.24) is 4.90 Å². The molecule has 0 aromatic rings. The summed E-state index contributed by atoms with van der Waals surface area (Å²) in [5.74, 6) is 0. The SMILES string of the molecule is N#CCCN(CCCO)C1CC1. The van der Waals surface area contributed by atoms with Gasteiger partial charge in [-0.2, -0.15) is 5.26 Å². The Kier molecular flexibility index (Phi) is 4.06. The average molecular weight is 168 g/mol.